The molecule has 1 heterocycles. The minimum atomic E-state index is -0.0567. The maximum atomic E-state index is 12.2. The fraction of sp³-hybridized carbons (Fsp3) is 0.462. The van der Waals surface area contributed by atoms with Crippen LogP contribution in [0.2, 0.25) is 10.0 Å². The summed E-state index contributed by atoms with van der Waals surface area (Å²) in [5.74, 6) is -0.0263. The molecule has 0 spiro atoms. The number of benzene rings is 1. The lowest BCUT2D eigenvalue weighted by atomic mass is 10.1. The molecule has 0 aliphatic carbocycles. The number of amides is 1. The summed E-state index contributed by atoms with van der Waals surface area (Å²) in [5, 5.41) is 10.2. The average molecular weight is 288 g/mol. The molecule has 1 aliphatic rings. The van der Waals surface area contributed by atoms with Crippen LogP contribution in [0.3, 0.4) is 0 Å². The minimum Gasteiger partial charge on any atom is -0.394 e. The zero-order valence-corrected chi connectivity index (χ0v) is 11.4. The van der Waals surface area contributed by atoms with Gasteiger partial charge in [-0.1, -0.05) is 29.3 Å². The molecule has 1 aromatic rings. The van der Waals surface area contributed by atoms with Crippen molar-refractivity contribution >= 4 is 29.1 Å². The van der Waals surface area contributed by atoms with E-state index in [1.165, 1.54) is 0 Å². The highest BCUT2D eigenvalue weighted by Crippen LogP contribution is 2.26. The first-order valence-corrected chi connectivity index (χ1v) is 6.72. The fourth-order valence-corrected chi connectivity index (χ4v) is 2.84. The number of hydrogen-bond acceptors (Lipinski definition) is 2. The summed E-state index contributed by atoms with van der Waals surface area (Å²) < 4.78 is 0. The van der Waals surface area contributed by atoms with Gasteiger partial charge in [0.05, 0.1) is 19.1 Å². The third-order valence-corrected chi connectivity index (χ3v) is 4.01. The average Bonchev–Trinajstić information content (AvgIpc) is 2.82. The van der Waals surface area contributed by atoms with Crippen molar-refractivity contribution in [3.8, 4) is 0 Å². The van der Waals surface area contributed by atoms with Crippen molar-refractivity contribution in [1.29, 1.82) is 0 Å². The Morgan fingerprint density at radius 1 is 1.39 bits per heavy atom. The summed E-state index contributed by atoms with van der Waals surface area (Å²) in [6.45, 7) is 0.716. The molecule has 5 heteroatoms. The summed E-state index contributed by atoms with van der Waals surface area (Å²) >= 11 is 12.1. The van der Waals surface area contributed by atoms with E-state index < -0.39 is 0 Å². The molecular weight excluding hydrogens is 273 g/mol. The van der Waals surface area contributed by atoms with Crippen molar-refractivity contribution in [3.63, 3.8) is 0 Å². The number of likely N-dealkylation sites (tertiary alicyclic amines) is 1. The van der Waals surface area contributed by atoms with Crippen LogP contribution in [0.15, 0.2) is 18.2 Å². The van der Waals surface area contributed by atoms with Gasteiger partial charge in [0.2, 0.25) is 5.91 Å². The highest BCUT2D eigenvalue weighted by molar-refractivity contribution is 6.36. The van der Waals surface area contributed by atoms with E-state index in [1.54, 1.807) is 23.1 Å². The lowest BCUT2D eigenvalue weighted by Crippen LogP contribution is -2.38. The number of nitrogens with zero attached hydrogens (tertiary/aromatic N) is 1. The first-order chi connectivity index (χ1) is 8.63. The highest BCUT2D eigenvalue weighted by atomic mass is 35.5. The van der Waals surface area contributed by atoms with E-state index in [0.29, 0.717) is 22.2 Å². The third-order valence-electron chi connectivity index (χ3n) is 3.30. The van der Waals surface area contributed by atoms with Crippen LogP contribution in [-0.2, 0) is 11.2 Å². The molecule has 18 heavy (non-hydrogen) atoms. The van der Waals surface area contributed by atoms with E-state index in [0.717, 1.165) is 12.8 Å². The molecular formula is C13H15Cl2NO2. The van der Waals surface area contributed by atoms with Gasteiger partial charge in [-0.25, -0.2) is 0 Å². The Morgan fingerprint density at radius 2 is 2.06 bits per heavy atom. The number of carbonyl (C=O) groups is 1. The Hall–Kier alpha value is -0.770. The zero-order valence-electron chi connectivity index (χ0n) is 9.90. The van der Waals surface area contributed by atoms with E-state index in [9.17, 15) is 9.90 Å². The van der Waals surface area contributed by atoms with Crippen molar-refractivity contribution in [2.24, 2.45) is 0 Å². The maximum absolute atomic E-state index is 12.2. The Kier molecular flexibility index (Phi) is 4.49. The van der Waals surface area contributed by atoms with Gasteiger partial charge in [0, 0.05) is 16.6 Å². The number of rotatable bonds is 3. The molecule has 1 aromatic carbocycles. The Labute approximate surface area is 116 Å². The van der Waals surface area contributed by atoms with Crippen LogP contribution >= 0.6 is 23.2 Å². The van der Waals surface area contributed by atoms with Gasteiger partial charge in [0.15, 0.2) is 0 Å². The molecule has 1 fully saturated rings. The lowest BCUT2D eigenvalue weighted by Gasteiger charge is -2.23. The lowest BCUT2D eigenvalue weighted by molar-refractivity contribution is -0.131. The number of halogens is 2. The Bertz CT molecular complexity index is 430. The molecule has 3 nitrogen and oxygen atoms in total. The molecule has 1 atom stereocenters. The molecule has 1 amide bonds. The summed E-state index contributed by atoms with van der Waals surface area (Å²) in [6.07, 6.45) is 1.99. The van der Waals surface area contributed by atoms with E-state index in [-0.39, 0.29) is 25.0 Å². The monoisotopic (exact) mass is 287 g/mol. The SMILES string of the molecule is O=C(Cc1c(Cl)cccc1Cl)N1CCC[C@@H]1CO. The predicted molar refractivity (Wildman–Crippen MR) is 72.0 cm³/mol. The van der Waals surface area contributed by atoms with Crippen molar-refractivity contribution < 1.29 is 9.90 Å². The number of carbonyl (C=O) groups excluding carboxylic acids is 1. The molecule has 0 unspecified atom stereocenters. The molecule has 0 radical (unpaired) electrons. The van der Waals surface area contributed by atoms with Crippen LogP contribution in [0.5, 0.6) is 0 Å². The van der Waals surface area contributed by atoms with Gasteiger partial charge in [-0.3, -0.25) is 4.79 Å². The second-order valence-electron chi connectivity index (χ2n) is 4.44. The first-order valence-electron chi connectivity index (χ1n) is 5.96. The van der Waals surface area contributed by atoms with Crippen LogP contribution in [0.4, 0.5) is 0 Å². The summed E-state index contributed by atoms with van der Waals surface area (Å²) in [6, 6.07) is 5.15. The van der Waals surface area contributed by atoms with Crippen molar-refractivity contribution in [2.45, 2.75) is 25.3 Å². The van der Waals surface area contributed by atoms with Gasteiger partial charge in [0.25, 0.3) is 0 Å². The fourth-order valence-electron chi connectivity index (χ4n) is 2.31. The Balaban J connectivity index is 2.12. The van der Waals surface area contributed by atoms with Gasteiger partial charge in [-0.2, -0.15) is 0 Å². The van der Waals surface area contributed by atoms with Crippen LogP contribution in [-0.4, -0.2) is 35.1 Å². The second-order valence-corrected chi connectivity index (χ2v) is 5.26. The van der Waals surface area contributed by atoms with Crippen LogP contribution in [0, 0.1) is 0 Å². The van der Waals surface area contributed by atoms with Crippen molar-refractivity contribution in [1.82, 2.24) is 4.90 Å². The maximum Gasteiger partial charge on any atom is 0.227 e. The quantitative estimate of drug-likeness (QED) is 0.928. The normalized spacial score (nSPS) is 19.3. The Morgan fingerprint density at radius 3 is 2.67 bits per heavy atom. The topological polar surface area (TPSA) is 40.5 Å². The van der Waals surface area contributed by atoms with E-state index in [1.807, 2.05) is 0 Å². The molecule has 0 aromatic heterocycles. The highest BCUT2D eigenvalue weighted by Gasteiger charge is 2.28. The molecule has 1 saturated heterocycles. The second kappa shape index (κ2) is 5.91. The first kappa shape index (κ1) is 13.7. The van der Waals surface area contributed by atoms with Gasteiger partial charge < -0.3 is 10.0 Å². The smallest absolute Gasteiger partial charge is 0.227 e. The molecule has 0 saturated carbocycles. The van der Waals surface area contributed by atoms with E-state index in [4.69, 9.17) is 23.2 Å². The standard InChI is InChI=1S/C13H15Cl2NO2/c14-11-4-1-5-12(15)10(11)7-13(18)16-6-2-3-9(16)8-17/h1,4-5,9,17H,2-3,6-8H2/t9-/m1/s1. The number of hydrogen-bond donors (Lipinski definition) is 1. The summed E-state index contributed by atoms with van der Waals surface area (Å²) in [5.41, 5.74) is 0.662. The van der Waals surface area contributed by atoms with Gasteiger partial charge in [-0.05, 0) is 30.5 Å². The number of aliphatic hydroxyl groups is 1. The van der Waals surface area contributed by atoms with Gasteiger partial charge >= 0.3 is 0 Å². The number of aliphatic hydroxyl groups excluding tert-OH is 1. The van der Waals surface area contributed by atoms with Crippen LogP contribution < -0.4 is 0 Å². The molecule has 0 bridgehead atoms. The molecule has 98 valence electrons. The van der Waals surface area contributed by atoms with Gasteiger partial charge in [-0.15, -0.1) is 0 Å². The zero-order chi connectivity index (χ0) is 13.1. The van der Waals surface area contributed by atoms with Crippen LogP contribution in [0.1, 0.15) is 18.4 Å². The van der Waals surface area contributed by atoms with Crippen molar-refractivity contribution in [2.75, 3.05) is 13.2 Å². The summed E-state index contributed by atoms with van der Waals surface area (Å²) in [4.78, 5) is 13.9. The molecule has 2 rings (SSSR count). The van der Waals surface area contributed by atoms with E-state index >= 15 is 0 Å². The minimum absolute atomic E-state index is 0.0159. The van der Waals surface area contributed by atoms with Crippen LogP contribution in [0.25, 0.3) is 0 Å². The van der Waals surface area contributed by atoms with Crippen molar-refractivity contribution in [3.05, 3.63) is 33.8 Å². The van der Waals surface area contributed by atoms with Gasteiger partial charge in [0.1, 0.15) is 0 Å². The largest absolute Gasteiger partial charge is 0.394 e. The predicted octanol–water partition coefficient (Wildman–Crippen LogP) is 2.52. The third kappa shape index (κ3) is 2.79. The summed E-state index contributed by atoms with van der Waals surface area (Å²) in [7, 11) is 0. The molecule has 1 N–H and O–H groups in total. The molecule has 1 aliphatic heterocycles. The van der Waals surface area contributed by atoms with E-state index in [2.05, 4.69) is 0 Å².